The molecule has 0 aromatic heterocycles. The monoisotopic (exact) mass is 303 g/mol. The lowest BCUT2D eigenvalue weighted by Crippen LogP contribution is -2.32. The van der Waals surface area contributed by atoms with Crippen molar-refractivity contribution in [3.8, 4) is 0 Å². The Balaban J connectivity index is 2.40. The molecule has 5 heteroatoms. The molecule has 1 aromatic carbocycles. The van der Waals surface area contributed by atoms with Crippen LogP contribution in [0.2, 0.25) is 0 Å². The van der Waals surface area contributed by atoms with E-state index in [4.69, 9.17) is 0 Å². The third-order valence-corrected chi connectivity index (χ3v) is 4.71. The zero-order valence-corrected chi connectivity index (χ0v) is 12.5. The molecule has 0 radical (unpaired) electrons. The molecule has 0 spiro atoms. The Morgan fingerprint density at radius 2 is 1.95 bits per heavy atom. The minimum absolute atomic E-state index is 0.0699. The molecule has 0 bridgehead atoms. The topological polar surface area (TPSA) is 12.0 Å². The zero-order valence-electron chi connectivity index (χ0n) is 12.5. The summed E-state index contributed by atoms with van der Waals surface area (Å²) in [7, 11) is 1.75. The fourth-order valence-electron chi connectivity index (χ4n) is 3.53. The van der Waals surface area contributed by atoms with E-state index >= 15 is 0 Å². The number of halogens is 4. The van der Waals surface area contributed by atoms with Crippen molar-refractivity contribution in [2.24, 2.45) is 11.3 Å². The van der Waals surface area contributed by atoms with Crippen molar-refractivity contribution < 1.29 is 17.6 Å². The molecule has 1 fully saturated rings. The van der Waals surface area contributed by atoms with Crippen LogP contribution in [0.1, 0.15) is 50.3 Å². The van der Waals surface area contributed by atoms with E-state index in [0.29, 0.717) is 5.56 Å². The molecular weight excluding hydrogens is 282 g/mol. The summed E-state index contributed by atoms with van der Waals surface area (Å²) in [6, 6.07) is 3.14. The van der Waals surface area contributed by atoms with Crippen LogP contribution in [-0.4, -0.2) is 7.05 Å². The van der Waals surface area contributed by atoms with Crippen LogP contribution in [0.4, 0.5) is 17.6 Å². The van der Waals surface area contributed by atoms with E-state index in [1.165, 1.54) is 6.07 Å². The van der Waals surface area contributed by atoms with Gasteiger partial charge in [0, 0.05) is 6.04 Å². The van der Waals surface area contributed by atoms with Crippen LogP contribution in [0.5, 0.6) is 0 Å². The molecule has 1 aliphatic rings. The van der Waals surface area contributed by atoms with E-state index in [0.717, 1.165) is 31.4 Å². The summed E-state index contributed by atoms with van der Waals surface area (Å²) in [6.45, 7) is 4.28. The number of hydrogen-bond acceptors (Lipinski definition) is 1. The van der Waals surface area contributed by atoms with Gasteiger partial charge in [0.2, 0.25) is 0 Å². The van der Waals surface area contributed by atoms with Gasteiger partial charge in [0.25, 0.3) is 0 Å². The Labute approximate surface area is 122 Å². The van der Waals surface area contributed by atoms with Gasteiger partial charge in [-0.3, -0.25) is 0 Å². The quantitative estimate of drug-likeness (QED) is 0.781. The second-order valence-corrected chi connectivity index (χ2v) is 6.49. The molecule has 21 heavy (non-hydrogen) atoms. The predicted molar refractivity (Wildman–Crippen MR) is 74.3 cm³/mol. The molecule has 2 rings (SSSR count). The number of nitrogens with one attached hydrogen (secondary N) is 1. The fourth-order valence-corrected chi connectivity index (χ4v) is 3.53. The molecule has 0 heterocycles. The highest BCUT2D eigenvalue weighted by molar-refractivity contribution is 5.30. The summed E-state index contributed by atoms with van der Waals surface area (Å²) >= 11 is 0. The Kier molecular flexibility index (Phi) is 4.34. The van der Waals surface area contributed by atoms with Crippen LogP contribution < -0.4 is 5.32 Å². The Hall–Kier alpha value is -1.10. The second kappa shape index (κ2) is 5.59. The predicted octanol–water partition coefficient (Wildman–Crippen LogP) is 4.93. The first-order valence-electron chi connectivity index (χ1n) is 7.21. The molecule has 0 amide bonds. The van der Waals surface area contributed by atoms with Crippen LogP contribution in [-0.2, 0) is 6.18 Å². The average molecular weight is 303 g/mol. The summed E-state index contributed by atoms with van der Waals surface area (Å²) in [5, 5.41) is 3.12. The van der Waals surface area contributed by atoms with Crippen molar-refractivity contribution in [2.45, 2.75) is 45.3 Å². The van der Waals surface area contributed by atoms with Gasteiger partial charge in [0.05, 0.1) is 5.56 Å². The van der Waals surface area contributed by atoms with Crippen molar-refractivity contribution in [2.75, 3.05) is 7.05 Å². The first-order chi connectivity index (χ1) is 9.66. The minimum atomic E-state index is -4.66. The van der Waals surface area contributed by atoms with Gasteiger partial charge in [-0.15, -0.1) is 0 Å². The lowest BCUT2D eigenvalue weighted by atomic mass is 9.75. The highest BCUT2D eigenvalue weighted by Crippen LogP contribution is 2.49. The van der Waals surface area contributed by atoms with Gasteiger partial charge in [0.1, 0.15) is 5.82 Å². The number of alkyl halides is 3. The molecule has 0 aliphatic heterocycles. The first kappa shape index (κ1) is 16.3. The van der Waals surface area contributed by atoms with Crippen LogP contribution in [0.25, 0.3) is 0 Å². The molecule has 1 nitrogen and oxygen atoms in total. The van der Waals surface area contributed by atoms with Gasteiger partial charge in [0.15, 0.2) is 0 Å². The molecule has 2 atom stereocenters. The Morgan fingerprint density at radius 1 is 1.29 bits per heavy atom. The van der Waals surface area contributed by atoms with E-state index in [1.807, 2.05) is 0 Å². The van der Waals surface area contributed by atoms with E-state index in [1.54, 1.807) is 7.05 Å². The van der Waals surface area contributed by atoms with Gasteiger partial charge in [-0.2, -0.15) is 13.2 Å². The molecule has 1 saturated carbocycles. The lowest BCUT2D eigenvalue weighted by molar-refractivity contribution is -0.140. The number of benzene rings is 1. The standard InChI is InChI=1S/C16H21F4N/c1-15(2)8-4-5-11(15)14(21-3)10-6-7-13(17)12(9-10)16(18,19)20/h6-7,9,11,14,21H,4-5,8H2,1-3H3. The van der Waals surface area contributed by atoms with Crippen molar-refractivity contribution in [3.63, 3.8) is 0 Å². The summed E-state index contributed by atoms with van der Waals surface area (Å²) in [5.41, 5.74) is -0.609. The van der Waals surface area contributed by atoms with Gasteiger partial charge >= 0.3 is 6.18 Å². The number of rotatable bonds is 3. The third-order valence-electron chi connectivity index (χ3n) is 4.71. The van der Waals surface area contributed by atoms with Crippen LogP contribution >= 0.6 is 0 Å². The smallest absolute Gasteiger partial charge is 0.313 e. The fraction of sp³-hybridized carbons (Fsp3) is 0.625. The highest BCUT2D eigenvalue weighted by Gasteiger charge is 2.41. The highest BCUT2D eigenvalue weighted by atomic mass is 19.4. The van der Waals surface area contributed by atoms with Crippen molar-refractivity contribution >= 4 is 0 Å². The summed E-state index contributed by atoms with van der Waals surface area (Å²) in [4.78, 5) is 0. The van der Waals surface area contributed by atoms with Crippen LogP contribution in [0, 0.1) is 17.2 Å². The third kappa shape index (κ3) is 3.23. The molecule has 118 valence electrons. The van der Waals surface area contributed by atoms with E-state index in [-0.39, 0.29) is 17.4 Å². The Morgan fingerprint density at radius 3 is 2.43 bits per heavy atom. The maximum absolute atomic E-state index is 13.4. The maximum atomic E-state index is 13.4. The number of hydrogen-bond donors (Lipinski definition) is 1. The van der Waals surface area contributed by atoms with Gasteiger partial charge in [-0.1, -0.05) is 26.3 Å². The minimum Gasteiger partial charge on any atom is -0.313 e. The van der Waals surface area contributed by atoms with Crippen molar-refractivity contribution in [3.05, 3.63) is 35.1 Å². The lowest BCUT2D eigenvalue weighted by Gasteiger charge is -2.34. The molecule has 1 aromatic rings. The normalized spacial score (nSPS) is 23.3. The van der Waals surface area contributed by atoms with E-state index in [9.17, 15) is 17.6 Å². The SMILES string of the molecule is CNC(c1ccc(F)c(C(F)(F)F)c1)C1CCCC1(C)C. The maximum Gasteiger partial charge on any atom is 0.419 e. The molecule has 1 N–H and O–H groups in total. The zero-order chi connectivity index (χ0) is 15.8. The average Bonchev–Trinajstić information content (AvgIpc) is 2.71. The molecule has 2 unspecified atom stereocenters. The summed E-state index contributed by atoms with van der Waals surface area (Å²) in [6.07, 6.45) is -1.56. The molecule has 0 saturated heterocycles. The van der Waals surface area contributed by atoms with Crippen LogP contribution in [0.15, 0.2) is 18.2 Å². The summed E-state index contributed by atoms with van der Waals surface area (Å²) in [5.74, 6) is -0.971. The molecular formula is C16H21F4N. The van der Waals surface area contributed by atoms with Gasteiger partial charge < -0.3 is 5.32 Å². The van der Waals surface area contributed by atoms with Crippen LogP contribution in [0.3, 0.4) is 0 Å². The van der Waals surface area contributed by atoms with E-state index in [2.05, 4.69) is 19.2 Å². The molecule has 1 aliphatic carbocycles. The largest absolute Gasteiger partial charge is 0.419 e. The summed E-state index contributed by atoms with van der Waals surface area (Å²) < 4.78 is 52.0. The first-order valence-corrected chi connectivity index (χ1v) is 7.21. The van der Waals surface area contributed by atoms with Crippen molar-refractivity contribution in [1.82, 2.24) is 5.32 Å². The van der Waals surface area contributed by atoms with E-state index < -0.39 is 17.6 Å². The second-order valence-electron chi connectivity index (χ2n) is 6.49. The van der Waals surface area contributed by atoms with Crippen molar-refractivity contribution in [1.29, 1.82) is 0 Å². The van der Waals surface area contributed by atoms with Gasteiger partial charge in [-0.25, -0.2) is 4.39 Å². The van der Waals surface area contributed by atoms with Gasteiger partial charge in [-0.05, 0) is 48.9 Å². The Bertz CT molecular complexity index is 507.